The number of rotatable bonds is 3. The first kappa shape index (κ1) is 18.1. The third-order valence-electron chi connectivity index (χ3n) is 4.54. The Hall–Kier alpha value is -3.31. The number of aromatic hydroxyl groups is 2. The van der Waals surface area contributed by atoms with E-state index in [1.165, 1.54) is 18.2 Å². The Morgan fingerprint density at radius 3 is 2.54 bits per heavy atom. The molecule has 2 aromatic carbocycles. The maximum absolute atomic E-state index is 12.8. The molecule has 0 aliphatic carbocycles. The zero-order valence-electron chi connectivity index (χ0n) is 14.9. The van der Waals surface area contributed by atoms with Gasteiger partial charge in [-0.15, -0.1) is 0 Å². The van der Waals surface area contributed by atoms with Gasteiger partial charge in [0.15, 0.2) is 5.76 Å². The van der Waals surface area contributed by atoms with Gasteiger partial charge in [0.1, 0.15) is 11.3 Å². The second kappa shape index (κ2) is 7.02. The molecule has 0 bridgehead atoms. The van der Waals surface area contributed by atoms with Gasteiger partial charge in [-0.1, -0.05) is 17.7 Å². The second-order valence-corrected chi connectivity index (χ2v) is 7.02. The molecular formula is C22H16ClNO4. The summed E-state index contributed by atoms with van der Waals surface area (Å²) in [6.45, 7) is 1.89. The van der Waals surface area contributed by atoms with Crippen LogP contribution in [0.2, 0.25) is 5.02 Å². The van der Waals surface area contributed by atoms with Gasteiger partial charge in [0.05, 0.1) is 10.4 Å². The van der Waals surface area contributed by atoms with Crippen LogP contribution in [0.15, 0.2) is 64.1 Å². The second-order valence-electron chi connectivity index (χ2n) is 6.61. The average molecular weight is 394 g/mol. The lowest BCUT2D eigenvalue weighted by molar-refractivity contribution is 0.448. The highest BCUT2D eigenvalue weighted by atomic mass is 35.5. The van der Waals surface area contributed by atoms with Crippen LogP contribution >= 0.6 is 11.6 Å². The molecule has 28 heavy (non-hydrogen) atoms. The Labute approximate surface area is 165 Å². The van der Waals surface area contributed by atoms with E-state index in [-0.39, 0.29) is 16.5 Å². The molecule has 2 heterocycles. The van der Waals surface area contributed by atoms with E-state index in [4.69, 9.17) is 16.0 Å². The van der Waals surface area contributed by atoms with Crippen LogP contribution in [0.3, 0.4) is 0 Å². The summed E-state index contributed by atoms with van der Waals surface area (Å²) < 4.78 is 6.01. The number of hydrogen-bond donors (Lipinski definition) is 2. The summed E-state index contributed by atoms with van der Waals surface area (Å²) in [7, 11) is 0. The van der Waals surface area contributed by atoms with Gasteiger partial charge in [-0.05, 0) is 54.4 Å². The molecule has 140 valence electrons. The smallest absolute Gasteiger partial charge is 0.235 e. The summed E-state index contributed by atoms with van der Waals surface area (Å²) >= 11 is 5.98. The predicted octanol–water partition coefficient (Wildman–Crippen LogP) is 4.82. The highest BCUT2D eigenvalue weighted by Gasteiger charge is 2.19. The molecule has 4 aromatic rings. The number of fused-ring (bicyclic) bond motifs is 1. The molecule has 0 radical (unpaired) electrons. The zero-order valence-corrected chi connectivity index (χ0v) is 15.7. The molecule has 2 N–H and O–H groups in total. The number of aryl methyl sites for hydroxylation is 1. The van der Waals surface area contributed by atoms with E-state index in [1.807, 2.05) is 25.1 Å². The van der Waals surface area contributed by atoms with Gasteiger partial charge < -0.3 is 14.6 Å². The van der Waals surface area contributed by atoms with Gasteiger partial charge in [-0.2, -0.15) is 0 Å². The lowest BCUT2D eigenvalue weighted by atomic mass is 10.00. The molecule has 6 heteroatoms. The standard InChI is InChI=1S/C22H16ClNO4/c1-12-8-15(10-13-4-6-24-7-5-13)21-16(9-12)19(26)20(27)22(28-21)14-2-3-18(25)17(23)11-14/h2-9,11,25,27H,10H2,1H3. The summed E-state index contributed by atoms with van der Waals surface area (Å²) in [6, 6.07) is 11.8. The summed E-state index contributed by atoms with van der Waals surface area (Å²) in [5.74, 6) is -0.573. The van der Waals surface area contributed by atoms with Gasteiger partial charge in [-0.25, -0.2) is 0 Å². The fraction of sp³-hybridized carbons (Fsp3) is 0.0909. The van der Waals surface area contributed by atoms with Crippen LogP contribution in [0.5, 0.6) is 11.5 Å². The maximum Gasteiger partial charge on any atom is 0.235 e. The molecule has 0 fully saturated rings. The Morgan fingerprint density at radius 2 is 1.82 bits per heavy atom. The van der Waals surface area contributed by atoms with E-state index >= 15 is 0 Å². The Bertz CT molecular complexity index is 1250. The molecule has 0 amide bonds. The van der Waals surface area contributed by atoms with Crippen LogP contribution in [-0.4, -0.2) is 15.2 Å². The Kier molecular flexibility index (Phi) is 4.53. The maximum atomic E-state index is 12.8. The minimum Gasteiger partial charge on any atom is -0.506 e. The summed E-state index contributed by atoms with van der Waals surface area (Å²) in [6.07, 6.45) is 3.96. The van der Waals surface area contributed by atoms with Crippen LogP contribution in [0, 0.1) is 6.92 Å². The average Bonchev–Trinajstić information content (AvgIpc) is 2.68. The quantitative estimate of drug-likeness (QED) is 0.521. The van der Waals surface area contributed by atoms with Crippen molar-refractivity contribution in [2.24, 2.45) is 0 Å². The van der Waals surface area contributed by atoms with Crippen molar-refractivity contribution in [3.63, 3.8) is 0 Å². The largest absolute Gasteiger partial charge is 0.506 e. The van der Waals surface area contributed by atoms with Crippen LogP contribution < -0.4 is 5.43 Å². The fourth-order valence-electron chi connectivity index (χ4n) is 3.21. The molecule has 4 rings (SSSR count). The molecule has 0 aliphatic rings. The summed E-state index contributed by atoms with van der Waals surface area (Å²) in [5, 5.41) is 20.5. The Balaban J connectivity index is 1.97. The van der Waals surface area contributed by atoms with Crippen LogP contribution in [-0.2, 0) is 6.42 Å². The third kappa shape index (κ3) is 3.21. The SMILES string of the molecule is Cc1cc(Cc2ccncc2)c2oc(-c3ccc(O)c(Cl)c3)c(O)c(=O)c2c1. The topological polar surface area (TPSA) is 83.6 Å². The first-order chi connectivity index (χ1) is 13.4. The van der Waals surface area contributed by atoms with Crippen molar-refractivity contribution in [3.05, 3.63) is 86.8 Å². The molecule has 0 unspecified atom stereocenters. The van der Waals surface area contributed by atoms with Crippen molar-refractivity contribution in [1.29, 1.82) is 0 Å². The number of nitrogens with zero attached hydrogens (tertiary/aromatic N) is 1. The number of phenols is 1. The summed E-state index contributed by atoms with van der Waals surface area (Å²) in [4.78, 5) is 16.9. The number of pyridine rings is 1. The van der Waals surface area contributed by atoms with E-state index in [1.54, 1.807) is 18.5 Å². The van der Waals surface area contributed by atoms with Crippen LogP contribution in [0.1, 0.15) is 16.7 Å². The van der Waals surface area contributed by atoms with Crippen molar-refractivity contribution < 1.29 is 14.6 Å². The molecule has 5 nitrogen and oxygen atoms in total. The third-order valence-corrected chi connectivity index (χ3v) is 4.85. The lowest BCUT2D eigenvalue weighted by Crippen LogP contribution is -2.05. The minimum absolute atomic E-state index is 0.0132. The van der Waals surface area contributed by atoms with Crippen molar-refractivity contribution in [3.8, 4) is 22.8 Å². The first-order valence-corrected chi connectivity index (χ1v) is 8.99. The van der Waals surface area contributed by atoms with Gasteiger partial charge in [0, 0.05) is 29.9 Å². The van der Waals surface area contributed by atoms with E-state index in [2.05, 4.69) is 4.98 Å². The van der Waals surface area contributed by atoms with E-state index in [9.17, 15) is 15.0 Å². The first-order valence-electron chi connectivity index (χ1n) is 8.61. The van der Waals surface area contributed by atoms with Crippen molar-refractivity contribution >= 4 is 22.6 Å². The number of benzene rings is 2. The van der Waals surface area contributed by atoms with Crippen molar-refractivity contribution in [2.45, 2.75) is 13.3 Å². The van der Waals surface area contributed by atoms with Crippen molar-refractivity contribution in [2.75, 3.05) is 0 Å². The highest BCUT2D eigenvalue weighted by molar-refractivity contribution is 6.32. The van der Waals surface area contributed by atoms with E-state index in [0.29, 0.717) is 23.0 Å². The highest BCUT2D eigenvalue weighted by Crippen LogP contribution is 2.35. The monoisotopic (exact) mass is 393 g/mol. The normalized spacial score (nSPS) is 11.1. The molecule has 0 atom stereocenters. The fourth-order valence-corrected chi connectivity index (χ4v) is 3.39. The number of phenolic OH excluding ortho intramolecular Hbond substituents is 1. The molecule has 0 saturated heterocycles. The number of hydrogen-bond acceptors (Lipinski definition) is 5. The van der Waals surface area contributed by atoms with Gasteiger partial charge >= 0.3 is 0 Å². The van der Waals surface area contributed by atoms with Gasteiger partial charge in [0.25, 0.3) is 0 Å². The number of halogens is 1. The zero-order chi connectivity index (χ0) is 19.8. The van der Waals surface area contributed by atoms with Crippen molar-refractivity contribution in [1.82, 2.24) is 4.98 Å². The molecule has 0 saturated carbocycles. The lowest BCUT2D eigenvalue weighted by Gasteiger charge is -2.11. The molecule has 0 spiro atoms. The summed E-state index contributed by atoms with van der Waals surface area (Å²) in [5.41, 5.74) is 3.03. The van der Waals surface area contributed by atoms with E-state index < -0.39 is 11.2 Å². The predicted molar refractivity (Wildman–Crippen MR) is 108 cm³/mol. The van der Waals surface area contributed by atoms with Crippen LogP contribution in [0.4, 0.5) is 0 Å². The molecular weight excluding hydrogens is 378 g/mol. The van der Waals surface area contributed by atoms with Crippen LogP contribution in [0.25, 0.3) is 22.3 Å². The van der Waals surface area contributed by atoms with Gasteiger partial charge in [0.2, 0.25) is 11.2 Å². The molecule has 2 aromatic heterocycles. The van der Waals surface area contributed by atoms with Gasteiger partial charge in [-0.3, -0.25) is 9.78 Å². The molecule has 0 aliphatic heterocycles. The Morgan fingerprint density at radius 1 is 1.07 bits per heavy atom. The minimum atomic E-state index is -0.514. The van der Waals surface area contributed by atoms with E-state index in [0.717, 1.165) is 16.7 Å². The number of aromatic nitrogens is 1.